The largest absolute Gasteiger partial charge is 0.493 e. The van der Waals surface area contributed by atoms with Crippen molar-refractivity contribution >= 4 is 46.2 Å². The lowest BCUT2D eigenvalue weighted by atomic mass is 9.84. The predicted octanol–water partition coefficient (Wildman–Crippen LogP) is 3.72. The molecule has 5 heterocycles. The van der Waals surface area contributed by atoms with Gasteiger partial charge >= 0.3 is 6.03 Å². The van der Waals surface area contributed by atoms with Gasteiger partial charge in [-0.3, -0.25) is 14.5 Å². The Balaban J connectivity index is 1.29. The van der Waals surface area contributed by atoms with E-state index in [1.165, 1.54) is 5.01 Å². The van der Waals surface area contributed by atoms with E-state index in [2.05, 4.69) is 10.4 Å². The Kier molecular flexibility index (Phi) is 5.00. The number of urea groups is 1. The van der Waals surface area contributed by atoms with E-state index < -0.39 is 23.4 Å². The van der Waals surface area contributed by atoms with Crippen LogP contribution in [-0.2, 0) is 15.1 Å². The predicted molar refractivity (Wildman–Crippen MR) is 128 cm³/mol. The van der Waals surface area contributed by atoms with Crippen molar-refractivity contribution in [3.8, 4) is 5.75 Å². The van der Waals surface area contributed by atoms with Gasteiger partial charge in [0.1, 0.15) is 12.3 Å². The number of imide groups is 1. The van der Waals surface area contributed by atoms with Gasteiger partial charge in [0.15, 0.2) is 5.54 Å². The maximum Gasteiger partial charge on any atom is 0.325 e. The van der Waals surface area contributed by atoms with Crippen LogP contribution in [0.4, 0.5) is 4.79 Å². The summed E-state index contributed by atoms with van der Waals surface area (Å²) in [5, 5.41) is 12.8. The molecular weight excluding hydrogens is 472 g/mol. The van der Waals surface area contributed by atoms with Crippen LogP contribution in [-0.4, -0.2) is 46.6 Å². The molecular formula is C24H20N4O4S2. The summed E-state index contributed by atoms with van der Waals surface area (Å²) in [6, 6.07) is 14.2. The summed E-state index contributed by atoms with van der Waals surface area (Å²) in [6.45, 7) is -0.0790. The molecule has 4 amide bonds. The van der Waals surface area contributed by atoms with Crippen molar-refractivity contribution < 1.29 is 19.1 Å². The second-order valence-electron chi connectivity index (χ2n) is 8.32. The molecule has 0 aliphatic carbocycles. The van der Waals surface area contributed by atoms with Crippen LogP contribution in [0.15, 0.2) is 64.4 Å². The number of ether oxygens (including phenoxy) is 1. The molecule has 1 fully saturated rings. The quantitative estimate of drug-likeness (QED) is 0.562. The zero-order chi connectivity index (χ0) is 23.3. The number of carbonyl (C=O) groups excluding carboxylic acids is 3. The summed E-state index contributed by atoms with van der Waals surface area (Å²) in [4.78, 5) is 43.0. The molecule has 3 aliphatic heterocycles. The number of nitrogens with zero attached hydrogens (tertiary/aromatic N) is 3. The van der Waals surface area contributed by atoms with E-state index in [-0.39, 0.29) is 12.6 Å². The van der Waals surface area contributed by atoms with E-state index >= 15 is 0 Å². The molecule has 1 saturated heterocycles. The molecule has 2 atom stereocenters. The van der Waals surface area contributed by atoms with Crippen LogP contribution >= 0.6 is 22.7 Å². The molecule has 0 saturated carbocycles. The van der Waals surface area contributed by atoms with E-state index in [0.29, 0.717) is 30.8 Å². The highest BCUT2D eigenvalue weighted by Crippen LogP contribution is 2.41. The van der Waals surface area contributed by atoms with Crippen molar-refractivity contribution in [1.29, 1.82) is 0 Å². The van der Waals surface area contributed by atoms with E-state index in [1.54, 1.807) is 40.9 Å². The van der Waals surface area contributed by atoms with Crippen molar-refractivity contribution in [2.75, 3.05) is 13.2 Å². The van der Waals surface area contributed by atoms with Gasteiger partial charge in [-0.05, 0) is 29.0 Å². The Morgan fingerprint density at radius 1 is 1.12 bits per heavy atom. The van der Waals surface area contributed by atoms with Crippen LogP contribution in [0, 0.1) is 0 Å². The average Bonchev–Trinajstić information content (AvgIpc) is 3.64. The minimum Gasteiger partial charge on any atom is -0.493 e. The highest BCUT2D eigenvalue weighted by Gasteiger charge is 2.55. The number of hydrazone groups is 1. The van der Waals surface area contributed by atoms with Crippen LogP contribution in [0.1, 0.15) is 34.2 Å². The zero-order valence-corrected chi connectivity index (χ0v) is 19.6. The molecule has 1 aromatic carbocycles. The highest BCUT2D eigenvalue weighted by molar-refractivity contribution is 7.12. The molecule has 2 aromatic heterocycles. The number of benzene rings is 1. The summed E-state index contributed by atoms with van der Waals surface area (Å²) in [5.74, 6) is -0.264. The minimum atomic E-state index is -1.21. The number of para-hydroxylation sites is 1. The minimum absolute atomic E-state index is 0.261. The molecule has 0 bridgehead atoms. The number of fused-ring (bicyclic) bond motifs is 2. The molecule has 8 nitrogen and oxygen atoms in total. The number of rotatable bonds is 4. The Bertz CT molecular complexity index is 1300. The van der Waals surface area contributed by atoms with Crippen molar-refractivity contribution in [1.82, 2.24) is 15.2 Å². The monoisotopic (exact) mass is 492 g/mol. The second-order valence-corrected chi connectivity index (χ2v) is 10.2. The highest BCUT2D eigenvalue weighted by atomic mass is 32.1. The number of nitrogens with one attached hydrogen (secondary N) is 1. The fraction of sp³-hybridized carbons (Fsp3) is 0.250. The van der Waals surface area contributed by atoms with E-state index in [4.69, 9.17) is 4.74 Å². The summed E-state index contributed by atoms with van der Waals surface area (Å²) < 4.78 is 5.68. The fourth-order valence-corrected chi connectivity index (χ4v) is 6.29. The molecule has 0 unspecified atom stereocenters. The van der Waals surface area contributed by atoms with Crippen LogP contribution in [0.25, 0.3) is 0 Å². The Labute approximate surface area is 203 Å². The molecule has 6 rings (SSSR count). The molecule has 34 heavy (non-hydrogen) atoms. The number of hydrogen-bond donors (Lipinski definition) is 1. The van der Waals surface area contributed by atoms with Crippen molar-refractivity contribution in [3.63, 3.8) is 0 Å². The van der Waals surface area contributed by atoms with Crippen molar-refractivity contribution in [3.05, 3.63) is 74.6 Å². The van der Waals surface area contributed by atoms with Crippen LogP contribution in [0.2, 0.25) is 0 Å². The van der Waals surface area contributed by atoms with Crippen LogP contribution in [0.5, 0.6) is 5.75 Å². The third-order valence-corrected chi connectivity index (χ3v) is 8.29. The lowest BCUT2D eigenvalue weighted by Gasteiger charge is -2.33. The van der Waals surface area contributed by atoms with Gasteiger partial charge in [0.05, 0.1) is 23.2 Å². The SMILES string of the molecule is O=C1N[C@]2(CCOc3ccccc32)C(=O)N1CC(=O)N1N=C(c2cccs2)C[C@@H]1c1cccs1. The van der Waals surface area contributed by atoms with Gasteiger partial charge in [0.2, 0.25) is 0 Å². The normalized spacial score (nSPS) is 23.6. The number of hydrogen-bond acceptors (Lipinski definition) is 7. The van der Waals surface area contributed by atoms with E-state index in [9.17, 15) is 14.4 Å². The lowest BCUT2D eigenvalue weighted by Crippen LogP contribution is -2.48. The standard InChI is InChI=1S/C24H20N4O4S2/c29-21(28-17(20-8-4-12-34-20)13-16(26-28)19-7-3-11-33-19)14-27-22(30)24(25-23(27)31)9-10-32-18-6-2-1-5-15(18)24/h1-8,11-12,17H,9-10,13-14H2,(H,25,31)/t17-,24+/m1/s1. The summed E-state index contributed by atoms with van der Waals surface area (Å²) >= 11 is 3.13. The first-order valence-electron chi connectivity index (χ1n) is 10.9. The molecule has 10 heteroatoms. The van der Waals surface area contributed by atoms with Gasteiger partial charge in [0.25, 0.3) is 11.8 Å². The van der Waals surface area contributed by atoms with E-state index in [1.807, 2.05) is 41.1 Å². The van der Waals surface area contributed by atoms with Crippen molar-refractivity contribution in [2.45, 2.75) is 24.4 Å². The molecule has 3 aromatic rings. The third kappa shape index (κ3) is 3.24. The average molecular weight is 493 g/mol. The second kappa shape index (κ2) is 8.07. The number of thiophene rings is 2. The zero-order valence-electron chi connectivity index (χ0n) is 18.0. The summed E-state index contributed by atoms with van der Waals surface area (Å²) in [5.41, 5.74) is 0.231. The molecule has 172 valence electrons. The van der Waals surface area contributed by atoms with Gasteiger partial charge < -0.3 is 10.1 Å². The maximum absolute atomic E-state index is 13.6. The van der Waals surface area contributed by atoms with E-state index in [0.717, 1.165) is 20.4 Å². The van der Waals surface area contributed by atoms with Gasteiger partial charge in [-0.1, -0.05) is 30.3 Å². The first kappa shape index (κ1) is 21.1. The topological polar surface area (TPSA) is 91.3 Å². The van der Waals surface area contributed by atoms with Crippen molar-refractivity contribution in [2.24, 2.45) is 5.10 Å². The molecule has 1 N–H and O–H groups in total. The smallest absolute Gasteiger partial charge is 0.325 e. The lowest BCUT2D eigenvalue weighted by molar-refractivity contribution is -0.140. The third-order valence-electron chi connectivity index (χ3n) is 6.39. The maximum atomic E-state index is 13.6. The number of amides is 4. The van der Waals surface area contributed by atoms with Gasteiger partial charge in [-0.2, -0.15) is 5.10 Å². The Morgan fingerprint density at radius 2 is 1.94 bits per heavy atom. The van der Waals surface area contributed by atoms with Gasteiger partial charge in [-0.25, -0.2) is 9.80 Å². The summed E-state index contributed by atoms with van der Waals surface area (Å²) in [7, 11) is 0. The summed E-state index contributed by atoms with van der Waals surface area (Å²) in [6.07, 6.45) is 0.892. The van der Waals surface area contributed by atoms with Crippen LogP contribution in [0.3, 0.4) is 0 Å². The Hall–Kier alpha value is -3.50. The first-order valence-corrected chi connectivity index (χ1v) is 12.7. The van der Waals surface area contributed by atoms with Gasteiger partial charge in [0, 0.05) is 23.3 Å². The van der Waals surface area contributed by atoms with Gasteiger partial charge in [-0.15, -0.1) is 22.7 Å². The number of carbonyl (C=O) groups is 3. The molecule has 1 spiro atoms. The first-order chi connectivity index (χ1) is 16.6. The Morgan fingerprint density at radius 3 is 2.74 bits per heavy atom. The molecule has 0 radical (unpaired) electrons. The van der Waals surface area contributed by atoms with Crippen LogP contribution < -0.4 is 10.1 Å². The molecule has 3 aliphatic rings. The fourth-order valence-electron chi connectivity index (χ4n) is 4.76.